The van der Waals surface area contributed by atoms with Crippen LogP contribution in [-0.4, -0.2) is 29.9 Å². The molecule has 0 bridgehead atoms. The first-order valence-corrected chi connectivity index (χ1v) is 13.7. The third-order valence-electron chi connectivity index (χ3n) is 6.10. The molecule has 0 aliphatic rings. The molecule has 0 saturated heterocycles. The SMILES string of the molecule is CCCCC(OCc1ccc(C(=O)N[C@@H](CCSC)C(=O)[O-])c(-c2ccccc2C)c1)c1ccco1.[Li+]. The molecule has 8 heteroatoms. The van der Waals surface area contributed by atoms with Crippen molar-refractivity contribution in [3.05, 3.63) is 83.3 Å². The van der Waals surface area contributed by atoms with Crippen LogP contribution in [-0.2, 0) is 16.1 Å². The molecule has 37 heavy (non-hydrogen) atoms. The van der Waals surface area contributed by atoms with Crippen molar-refractivity contribution in [2.45, 2.75) is 58.3 Å². The van der Waals surface area contributed by atoms with Gasteiger partial charge in [0.15, 0.2) is 0 Å². The fourth-order valence-electron chi connectivity index (χ4n) is 4.07. The third-order valence-corrected chi connectivity index (χ3v) is 6.74. The number of benzene rings is 2. The van der Waals surface area contributed by atoms with Crippen LogP contribution in [0.2, 0.25) is 0 Å². The molecule has 3 aromatic rings. The Morgan fingerprint density at radius 1 is 1.08 bits per heavy atom. The summed E-state index contributed by atoms with van der Waals surface area (Å²) in [6, 6.07) is 16.1. The average molecular weight is 516 g/mol. The minimum Gasteiger partial charge on any atom is -0.548 e. The first-order valence-electron chi connectivity index (χ1n) is 12.3. The van der Waals surface area contributed by atoms with Gasteiger partial charge in [0.25, 0.3) is 5.91 Å². The molecule has 1 heterocycles. The Bertz CT molecular complexity index is 1140. The predicted octanol–water partition coefficient (Wildman–Crippen LogP) is 2.31. The first-order chi connectivity index (χ1) is 17.4. The van der Waals surface area contributed by atoms with Crippen molar-refractivity contribution in [3.63, 3.8) is 0 Å². The Balaban J connectivity index is 0.00000481. The Labute approximate surface area is 235 Å². The number of nitrogens with one attached hydrogen (secondary N) is 1. The van der Waals surface area contributed by atoms with Crippen LogP contribution < -0.4 is 29.3 Å². The number of hydrogen-bond acceptors (Lipinski definition) is 6. The van der Waals surface area contributed by atoms with Gasteiger partial charge in [-0.2, -0.15) is 11.8 Å². The Morgan fingerprint density at radius 3 is 2.51 bits per heavy atom. The standard InChI is InChI=1S/C29H35NO5S.Li/c1-4-5-11-27(26-12-8-16-34-26)35-19-21-13-14-23(24(18-21)22-10-7-6-9-20(22)2)28(31)30-25(29(32)33)15-17-36-3;/h6-10,12-14,16,18,25,27H,4-5,11,15,17,19H2,1-3H3,(H,30,31)(H,32,33);/q;+1/p-1/t25-,27?;/m0./s1. The van der Waals surface area contributed by atoms with Gasteiger partial charge in [0.05, 0.1) is 24.9 Å². The number of rotatable bonds is 14. The van der Waals surface area contributed by atoms with Crippen LogP contribution in [0.25, 0.3) is 11.1 Å². The van der Waals surface area contributed by atoms with Crippen LogP contribution in [0.4, 0.5) is 0 Å². The zero-order chi connectivity index (χ0) is 25.9. The van der Waals surface area contributed by atoms with E-state index in [1.54, 1.807) is 12.3 Å². The van der Waals surface area contributed by atoms with Gasteiger partial charge in [-0.1, -0.05) is 50.1 Å². The van der Waals surface area contributed by atoms with Gasteiger partial charge >= 0.3 is 18.9 Å². The number of hydrogen-bond donors (Lipinski definition) is 1. The van der Waals surface area contributed by atoms with E-state index >= 15 is 0 Å². The van der Waals surface area contributed by atoms with Gasteiger partial charge in [-0.3, -0.25) is 4.79 Å². The van der Waals surface area contributed by atoms with Crippen molar-refractivity contribution in [1.82, 2.24) is 5.32 Å². The Hall–Kier alpha value is -2.43. The Morgan fingerprint density at radius 2 is 1.86 bits per heavy atom. The maximum Gasteiger partial charge on any atom is 1.00 e. The van der Waals surface area contributed by atoms with Crippen molar-refractivity contribution in [2.24, 2.45) is 0 Å². The number of carbonyl (C=O) groups excluding carboxylic acids is 2. The molecule has 2 aromatic carbocycles. The molecule has 1 unspecified atom stereocenters. The molecule has 0 aliphatic carbocycles. The van der Waals surface area contributed by atoms with Gasteiger partial charge in [-0.15, -0.1) is 0 Å². The molecule has 0 fully saturated rings. The number of aliphatic carboxylic acids is 1. The molecule has 0 radical (unpaired) electrons. The van der Waals surface area contributed by atoms with Gasteiger partial charge in [-0.05, 0) is 78.3 Å². The number of carboxylic acids is 1. The molecule has 0 spiro atoms. The predicted molar refractivity (Wildman–Crippen MR) is 142 cm³/mol. The van der Waals surface area contributed by atoms with Crippen molar-refractivity contribution in [1.29, 1.82) is 0 Å². The molecule has 1 N–H and O–H groups in total. The molecule has 192 valence electrons. The smallest absolute Gasteiger partial charge is 0.548 e. The quantitative estimate of drug-likeness (QED) is 0.332. The molecular weight excluding hydrogens is 481 g/mol. The van der Waals surface area contributed by atoms with Crippen molar-refractivity contribution in [2.75, 3.05) is 12.0 Å². The molecule has 1 amide bonds. The van der Waals surface area contributed by atoms with Gasteiger partial charge < -0.3 is 24.4 Å². The summed E-state index contributed by atoms with van der Waals surface area (Å²) in [7, 11) is 0. The summed E-state index contributed by atoms with van der Waals surface area (Å²) in [5.74, 6) is -0.310. The molecule has 6 nitrogen and oxygen atoms in total. The van der Waals surface area contributed by atoms with E-state index in [9.17, 15) is 14.7 Å². The summed E-state index contributed by atoms with van der Waals surface area (Å²) in [5, 5.41) is 14.2. The van der Waals surface area contributed by atoms with Crippen LogP contribution >= 0.6 is 11.8 Å². The monoisotopic (exact) mass is 515 g/mol. The van der Waals surface area contributed by atoms with Crippen LogP contribution in [0.5, 0.6) is 0 Å². The number of amides is 1. The molecule has 0 saturated carbocycles. The van der Waals surface area contributed by atoms with Gasteiger partial charge in [0.1, 0.15) is 11.9 Å². The molecule has 3 rings (SSSR count). The number of carboxylic acid groups (broad SMARTS) is 1. The van der Waals surface area contributed by atoms with Crippen molar-refractivity contribution in [3.8, 4) is 11.1 Å². The van der Waals surface area contributed by atoms with E-state index in [2.05, 4.69) is 12.2 Å². The van der Waals surface area contributed by atoms with E-state index in [0.29, 0.717) is 24.3 Å². The number of thioether (sulfide) groups is 1. The van der Waals surface area contributed by atoms with Gasteiger partial charge in [0.2, 0.25) is 0 Å². The van der Waals surface area contributed by atoms with Gasteiger partial charge in [0, 0.05) is 5.56 Å². The normalized spacial score (nSPS) is 12.4. The summed E-state index contributed by atoms with van der Waals surface area (Å²) in [4.78, 5) is 24.8. The zero-order valence-electron chi connectivity index (χ0n) is 22.1. The van der Waals surface area contributed by atoms with E-state index in [-0.39, 0.29) is 25.0 Å². The van der Waals surface area contributed by atoms with Gasteiger partial charge in [-0.25, -0.2) is 0 Å². The summed E-state index contributed by atoms with van der Waals surface area (Å²) < 4.78 is 11.8. The summed E-state index contributed by atoms with van der Waals surface area (Å²) >= 11 is 1.52. The molecule has 1 aromatic heterocycles. The van der Waals surface area contributed by atoms with Crippen LogP contribution in [0, 0.1) is 6.92 Å². The van der Waals surface area contributed by atoms with Crippen LogP contribution in [0.3, 0.4) is 0 Å². The van der Waals surface area contributed by atoms with E-state index in [4.69, 9.17) is 9.15 Å². The topological polar surface area (TPSA) is 91.6 Å². The molecule has 2 atom stereocenters. The number of furan rings is 1. The van der Waals surface area contributed by atoms with Crippen LogP contribution in [0.15, 0.2) is 65.3 Å². The fourth-order valence-corrected chi connectivity index (χ4v) is 4.54. The second-order valence-corrected chi connectivity index (χ2v) is 9.76. The maximum absolute atomic E-state index is 13.2. The number of ether oxygens (including phenoxy) is 1. The maximum atomic E-state index is 13.2. The largest absolute Gasteiger partial charge is 1.00 e. The second-order valence-electron chi connectivity index (χ2n) is 8.78. The fraction of sp³-hybridized carbons (Fsp3) is 0.379. The molecule has 0 aliphatic heterocycles. The number of aryl methyl sites for hydroxylation is 1. The van der Waals surface area contributed by atoms with E-state index in [0.717, 1.165) is 47.3 Å². The third kappa shape index (κ3) is 8.82. The van der Waals surface area contributed by atoms with E-state index in [1.165, 1.54) is 11.8 Å². The molecular formula is C29H34LiNO5S. The number of unbranched alkanes of at least 4 members (excludes halogenated alkanes) is 1. The van der Waals surface area contributed by atoms with E-state index in [1.807, 2.05) is 61.7 Å². The summed E-state index contributed by atoms with van der Waals surface area (Å²) in [5.41, 5.74) is 3.98. The Kier molecular flexibility index (Phi) is 13.1. The van der Waals surface area contributed by atoms with Crippen LogP contribution in [0.1, 0.15) is 66.0 Å². The summed E-state index contributed by atoms with van der Waals surface area (Å²) in [6.07, 6.45) is 6.64. The zero-order valence-corrected chi connectivity index (χ0v) is 22.9. The first kappa shape index (κ1) is 30.8. The average Bonchev–Trinajstić information content (AvgIpc) is 3.41. The minimum absolute atomic E-state index is 0. The van der Waals surface area contributed by atoms with E-state index < -0.39 is 17.9 Å². The van der Waals surface area contributed by atoms with Crippen molar-refractivity contribution >= 4 is 23.6 Å². The minimum atomic E-state index is -1.28. The summed E-state index contributed by atoms with van der Waals surface area (Å²) in [6.45, 7) is 4.48. The van der Waals surface area contributed by atoms with Crippen molar-refractivity contribution < 1.29 is 42.7 Å². The number of carbonyl (C=O) groups is 2. The second kappa shape index (κ2) is 15.7.